The van der Waals surface area contributed by atoms with Crippen molar-refractivity contribution < 1.29 is 4.74 Å². The number of ether oxygens (including phenoxy) is 1. The Morgan fingerprint density at radius 3 is 2.44 bits per heavy atom. The van der Waals surface area contributed by atoms with E-state index in [1.165, 1.54) is 11.1 Å². The second kappa shape index (κ2) is 4.74. The maximum atomic E-state index is 5.93. The van der Waals surface area contributed by atoms with Crippen LogP contribution in [0.15, 0.2) is 12.1 Å². The van der Waals surface area contributed by atoms with E-state index in [1.807, 2.05) is 0 Å². The quantitative estimate of drug-likeness (QED) is 0.771. The van der Waals surface area contributed by atoms with Crippen LogP contribution >= 0.6 is 0 Å². The third-order valence-electron chi connectivity index (χ3n) is 3.39. The summed E-state index contributed by atoms with van der Waals surface area (Å²) >= 11 is 0. The van der Waals surface area contributed by atoms with Gasteiger partial charge < -0.3 is 15.4 Å². The number of likely N-dealkylation sites (N-methyl/N-ethyl adjacent to an activating group) is 1. The summed E-state index contributed by atoms with van der Waals surface area (Å²) < 4.78 is 5.27. The van der Waals surface area contributed by atoms with Crippen LogP contribution < -0.4 is 10.5 Å². The number of methoxy groups -OCH3 is 1. The van der Waals surface area contributed by atoms with E-state index < -0.39 is 0 Å². The van der Waals surface area contributed by atoms with Gasteiger partial charge >= 0.3 is 0 Å². The van der Waals surface area contributed by atoms with Gasteiger partial charge in [0, 0.05) is 13.1 Å². The predicted molar refractivity (Wildman–Crippen MR) is 66.9 cm³/mol. The maximum Gasteiger partial charge on any atom is 0.142 e. The van der Waals surface area contributed by atoms with Crippen molar-refractivity contribution in [2.75, 3.05) is 32.5 Å². The minimum atomic E-state index is 0.756. The highest BCUT2D eigenvalue weighted by atomic mass is 16.5. The monoisotopic (exact) mass is 220 g/mol. The SMILES string of the molecule is CCN1CCc2cc(N)c(OC)cc2CC1. The Morgan fingerprint density at radius 2 is 1.88 bits per heavy atom. The zero-order chi connectivity index (χ0) is 11.5. The molecule has 0 radical (unpaired) electrons. The molecule has 0 unspecified atom stereocenters. The Morgan fingerprint density at radius 1 is 1.25 bits per heavy atom. The Balaban J connectivity index is 2.28. The fourth-order valence-corrected chi connectivity index (χ4v) is 2.31. The van der Waals surface area contributed by atoms with Gasteiger partial charge in [-0.2, -0.15) is 0 Å². The summed E-state index contributed by atoms with van der Waals surface area (Å²) in [5.41, 5.74) is 9.46. The number of nitrogens with two attached hydrogens (primary N) is 1. The van der Waals surface area contributed by atoms with E-state index in [4.69, 9.17) is 10.5 Å². The Labute approximate surface area is 97.2 Å². The van der Waals surface area contributed by atoms with E-state index in [0.717, 1.165) is 43.9 Å². The first-order valence-corrected chi connectivity index (χ1v) is 5.92. The molecule has 3 heteroatoms. The van der Waals surface area contributed by atoms with E-state index in [0.29, 0.717) is 0 Å². The van der Waals surface area contributed by atoms with Gasteiger partial charge in [0.2, 0.25) is 0 Å². The zero-order valence-corrected chi connectivity index (χ0v) is 10.1. The number of benzene rings is 1. The number of nitrogens with zero attached hydrogens (tertiary/aromatic N) is 1. The fourth-order valence-electron chi connectivity index (χ4n) is 2.31. The van der Waals surface area contributed by atoms with Crippen molar-refractivity contribution >= 4 is 5.69 Å². The molecule has 0 aliphatic carbocycles. The summed E-state index contributed by atoms with van der Waals surface area (Å²) in [5, 5.41) is 0. The lowest BCUT2D eigenvalue weighted by Crippen LogP contribution is -2.25. The third-order valence-corrected chi connectivity index (χ3v) is 3.39. The topological polar surface area (TPSA) is 38.5 Å². The molecular formula is C13H20N2O. The average Bonchev–Trinajstić information content (AvgIpc) is 2.49. The summed E-state index contributed by atoms with van der Waals surface area (Å²) in [6.45, 7) is 5.61. The summed E-state index contributed by atoms with van der Waals surface area (Å²) in [6.07, 6.45) is 2.19. The Kier molecular flexibility index (Phi) is 3.34. The minimum absolute atomic E-state index is 0.756. The fraction of sp³-hybridized carbons (Fsp3) is 0.538. The number of nitrogen functional groups attached to an aromatic ring is 1. The first-order valence-electron chi connectivity index (χ1n) is 5.92. The second-order valence-electron chi connectivity index (χ2n) is 4.30. The van der Waals surface area contributed by atoms with Crippen molar-refractivity contribution in [3.63, 3.8) is 0 Å². The van der Waals surface area contributed by atoms with Crippen molar-refractivity contribution in [3.8, 4) is 5.75 Å². The van der Waals surface area contributed by atoms with Crippen LogP contribution in [0.5, 0.6) is 5.75 Å². The van der Waals surface area contributed by atoms with Crippen LogP contribution in [0, 0.1) is 0 Å². The largest absolute Gasteiger partial charge is 0.495 e. The molecule has 1 aromatic rings. The molecule has 1 aliphatic heterocycles. The molecule has 16 heavy (non-hydrogen) atoms. The molecule has 2 N–H and O–H groups in total. The lowest BCUT2D eigenvalue weighted by Gasteiger charge is -2.16. The molecule has 0 fully saturated rings. The van der Waals surface area contributed by atoms with Crippen LogP contribution in [0.4, 0.5) is 5.69 Å². The molecule has 0 aromatic heterocycles. The predicted octanol–water partition coefficient (Wildman–Crippen LogP) is 1.70. The number of anilines is 1. The summed E-state index contributed by atoms with van der Waals surface area (Å²) in [4.78, 5) is 2.47. The van der Waals surface area contributed by atoms with Gasteiger partial charge in [0.25, 0.3) is 0 Å². The summed E-state index contributed by atoms with van der Waals surface area (Å²) in [6, 6.07) is 4.18. The normalized spacial score (nSPS) is 16.6. The van der Waals surface area contributed by atoms with Crippen molar-refractivity contribution in [2.24, 2.45) is 0 Å². The molecule has 88 valence electrons. The van der Waals surface area contributed by atoms with Gasteiger partial charge in [0.1, 0.15) is 5.75 Å². The van der Waals surface area contributed by atoms with Gasteiger partial charge in [-0.25, -0.2) is 0 Å². The molecule has 0 amide bonds. The van der Waals surface area contributed by atoms with Crippen LogP contribution in [0.3, 0.4) is 0 Å². The molecule has 0 bridgehead atoms. The number of rotatable bonds is 2. The highest BCUT2D eigenvalue weighted by Gasteiger charge is 2.14. The first-order chi connectivity index (χ1) is 7.74. The van der Waals surface area contributed by atoms with Crippen molar-refractivity contribution in [1.29, 1.82) is 0 Å². The molecule has 0 atom stereocenters. The van der Waals surface area contributed by atoms with E-state index in [-0.39, 0.29) is 0 Å². The molecular weight excluding hydrogens is 200 g/mol. The van der Waals surface area contributed by atoms with E-state index in [2.05, 4.69) is 24.0 Å². The number of hydrogen-bond donors (Lipinski definition) is 1. The van der Waals surface area contributed by atoms with Gasteiger partial charge in [-0.1, -0.05) is 6.92 Å². The minimum Gasteiger partial charge on any atom is -0.495 e. The summed E-state index contributed by atoms with van der Waals surface area (Å²) in [7, 11) is 1.67. The average molecular weight is 220 g/mol. The van der Waals surface area contributed by atoms with Gasteiger partial charge in [-0.3, -0.25) is 0 Å². The van der Waals surface area contributed by atoms with Gasteiger partial charge in [0.05, 0.1) is 12.8 Å². The molecule has 0 spiro atoms. The van der Waals surface area contributed by atoms with E-state index >= 15 is 0 Å². The Bertz CT molecular complexity index is 376. The number of fused-ring (bicyclic) bond motifs is 1. The smallest absolute Gasteiger partial charge is 0.142 e. The Hall–Kier alpha value is -1.22. The van der Waals surface area contributed by atoms with E-state index in [9.17, 15) is 0 Å². The lowest BCUT2D eigenvalue weighted by atomic mass is 10.0. The summed E-state index contributed by atoms with van der Waals surface area (Å²) in [5.74, 6) is 0.809. The molecule has 3 nitrogen and oxygen atoms in total. The molecule has 0 saturated carbocycles. The maximum absolute atomic E-state index is 5.93. The first kappa shape index (κ1) is 11.3. The van der Waals surface area contributed by atoms with Crippen molar-refractivity contribution in [2.45, 2.75) is 19.8 Å². The van der Waals surface area contributed by atoms with Crippen LogP contribution in [0.1, 0.15) is 18.1 Å². The van der Waals surface area contributed by atoms with Gasteiger partial charge in [-0.15, -0.1) is 0 Å². The lowest BCUT2D eigenvalue weighted by molar-refractivity contribution is 0.303. The van der Waals surface area contributed by atoms with Gasteiger partial charge in [0.15, 0.2) is 0 Å². The van der Waals surface area contributed by atoms with Crippen LogP contribution in [0.2, 0.25) is 0 Å². The standard InChI is InChI=1S/C13H20N2O/c1-3-15-6-4-10-8-12(14)13(16-2)9-11(10)5-7-15/h8-9H,3-7,14H2,1-2H3. The second-order valence-corrected chi connectivity index (χ2v) is 4.30. The third kappa shape index (κ3) is 2.14. The van der Waals surface area contributed by atoms with Crippen molar-refractivity contribution in [3.05, 3.63) is 23.3 Å². The highest BCUT2D eigenvalue weighted by molar-refractivity contribution is 5.57. The highest BCUT2D eigenvalue weighted by Crippen LogP contribution is 2.28. The molecule has 0 saturated heterocycles. The molecule has 2 rings (SSSR count). The van der Waals surface area contributed by atoms with Crippen LogP contribution in [-0.4, -0.2) is 31.6 Å². The molecule has 1 heterocycles. The number of hydrogen-bond acceptors (Lipinski definition) is 3. The zero-order valence-electron chi connectivity index (χ0n) is 10.1. The van der Waals surface area contributed by atoms with Crippen LogP contribution in [0.25, 0.3) is 0 Å². The molecule has 1 aliphatic rings. The molecule has 1 aromatic carbocycles. The van der Waals surface area contributed by atoms with Gasteiger partial charge in [-0.05, 0) is 42.6 Å². The van der Waals surface area contributed by atoms with E-state index in [1.54, 1.807) is 7.11 Å². The van der Waals surface area contributed by atoms with Crippen molar-refractivity contribution in [1.82, 2.24) is 4.90 Å². The van der Waals surface area contributed by atoms with Crippen LogP contribution in [-0.2, 0) is 12.8 Å².